The van der Waals surface area contributed by atoms with E-state index in [2.05, 4.69) is 54.2 Å². The van der Waals surface area contributed by atoms with Crippen LogP contribution in [0.5, 0.6) is 0 Å². The number of fused-ring (bicyclic) bond motifs is 2. The minimum atomic E-state index is 0.523. The predicted molar refractivity (Wildman–Crippen MR) is 82.7 cm³/mol. The largest absolute Gasteiger partial charge is 0.368 e. The SMILES string of the molecule is Brc1cc(Br)c2c(c1)CN1CCCCCCC1N2. The van der Waals surface area contributed by atoms with Gasteiger partial charge in [-0.25, -0.2) is 0 Å². The van der Waals surface area contributed by atoms with Gasteiger partial charge in [-0.3, -0.25) is 4.90 Å². The summed E-state index contributed by atoms with van der Waals surface area (Å²) >= 11 is 7.25. The van der Waals surface area contributed by atoms with Crippen LogP contribution in [0.2, 0.25) is 0 Å². The molecule has 18 heavy (non-hydrogen) atoms. The highest BCUT2D eigenvalue weighted by Crippen LogP contribution is 2.36. The van der Waals surface area contributed by atoms with E-state index in [0.717, 1.165) is 11.0 Å². The van der Waals surface area contributed by atoms with E-state index in [-0.39, 0.29) is 0 Å². The maximum absolute atomic E-state index is 3.72. The molecule has 1 N–H and O–H groups in total. The molecule has 2 aliphatic rings. The van der Waals surface area contributed by atoms with Crippen molar-refractivity contribution in [2.75, 3.05) is 11.9 Å². The summed E-state index contributed by atoms with van der Waals surface area (Å²) in [5.41, 5.74) is 2.69. The Hall–Kier alpha value is -0.0600. The van der Waals surface area contributed by atoms with Gasteiger partial charge in [0, 0.05) is 22.0 Å². The molecule has 0 radical (unpaired) electrons. The predicted octanol–water partition coefficient (Wildman–Crippen LogP) is 4.73. The van der Waals surface area contributed by atoms with Gasteiger partial charge in [0.2, 0.25) is 0 Å². The van der Waals surface area contributed by atoms with Crippen LogP contribution in [0.1, 0.15) is 37.7 Å². The smallest absolute Gasteiger partial charge is 0.0796 e. The quantitative estimate of drug-likeness (QED) is 0.707. The van der Waals surface area contributed by atoms with Crippen LogP contribution in [-0.2, 0) is 6.54 Å². The Morgan fingerprint density at radius 1 is 1.11 bits per heavy atom. The summed E-state index contributed by atoms with van der Waals surface area (Å²) in [7, 11) is 0. The van der Waals surface area contributed by atoms with Crippen molar-refractivity contribution >= 4 is 37.5 Å². The van der Waals surface area contributed by atoms with E-state index in [4.69, 9.17) is 0 Å². The van der Waals surface area contributed by atoms with E-state index < -0.39 is 0 Å². The van der Waals surface area contributed by atoms with E-state index in [1.165, 1.54) is 54.4 Å². The number of rotatable bonds is 0. The molecule has 3 rings (SSSR count). The normalized spacial score (nSPS) is 24.4. The third kappa shape index (κ3) is 2.61. The number of anilines is 1. The van der Waals surface area contributed by atoms with Gasteiger partial charge in [-0.1, -0.05) is 35.2 Å². The zero-order valence-electron chi connectivity index (χ0n) is 10.4. The highest BCUT2D eigenvalue weighted by Gasteiger charge is 2.27. The maximum Gasteiger partial charge on any atom is 0.0796 e. The van der Waals surface area contributed by atoms with Gasteiger partial charge in [0.05, 0.1) is 11.9 Å². The standard InChI is InChI=1S/C14H18Br2N2/c15-11-7-10-9-18-6-4-2-1-3-5-13(18)17-14(10)12(16)8-11/h7-8,13,17H,1-6,9H2. The van der Waals surface area contributed by atoms with Gasteiger partial charge < -0.3 is 5.32 Å². The number of nitrogens with zero attached hydrogens (tertiary/aromatic N) is 1. The summed E-state index contributed by atoms with van der Waals surface area (Å²) in [6.45, 7) is 2.30. The molecule has 1 aromatic rings. The average Bonchev–Trinajstić information content (AvgIpc) is 2.29. The Bertz CT molecular complexity index is 448. The molecule has 1 fully saturated rings. The van der Waals surface area contributed by atoms with Crippen molar-refractivity contribution in [3.05, 3.63) is 26.6 Å². The van der Waals surface area contributed by atoms with Gasteiger partial charge in [-0.2, -0.15) is 0 Å². The lowest BCUT2D eigenvalue weighted by Gasteiger charge is -2.40. The molecule has 0 saturated carbocycles. The third-order valence-corrected chi connectivity index (χ3v) is 5.02. The zero-order chi connectivity index (χ0) is 12.5. The van der Waals surface area contributed by atoms with Gasteiger partial charge in [-0.05, 0) is 46.5 Å². The summed E-state index contributed by atoms with van der Waals surface area (Å²) in [6, 6.07) is 4.37. The number of nitrogens with one attached hydrogen (secondary N) is 1. The summed E-state index contributed by atoms with van der Waals surface area (Å²) in [5, 5.41) is 3.72. The van der Waals surface area contributed by atoms with E-state index in [0.29, 0.717) is 6.17 Å². The molecule has 1 aromatic carbocycles. The summed E-state index contributed by atoms with van der Waals surface area (Å²) < 4.78 is 2.33. The minimum absolute atomic E-state index is 0.523. The molecule has 0 amide bonds. The fourth-order valence-electron chi connectivity index (χ4n) is 3.00. The van der Waals surface area contributed by atoms with Crippen LogP contribution < -0.4 is 5.32 Å². The molecular formula is C14H18Br2N2. The molecular weight excluding hydrogens is 356 g/mol. The second kappa shape index (κ2) is 5.51. The molecule has 1 atom stereocenters. The van der Waals surface area contributed by atoms with E-state index in [1.54, 1.807) is 0 Å². The third-order valence-electron chi connectivity index (χ3n) is 3.93. The molecule has 2 nitrogen and oxygen atoms in total. The lowest BCUT2D eigenvalue weighted by atomic mass is 10.0. The first-order valence-corrected chi connectivity index (χ1v) is 8.31. The first-order valence-electron chi connectivity index (χ1n) is 6.72. The Balaban J connectivity index is 1.90. The molecule has 0 bridgehead atoms. The van der Waals surface area contributed by atoms with Crippen LogP contribution >= 0.6 is 31.9 Å². The number of halogens is 2. The van der Waals surface area contributed by atoms with Crippen LogP contribution in [0.3, 0.4) is 0 Å². The minimum Gasteiger partial charge on any atom is -0.368 e. The van der Waals surface area contributed by atoms with Crippen molar-refractivity contribution in [3.8, 4) is 0 Å². The van der Waals surface area contributed by atoms with Crippen molar-refractivity contribution in [1.82, 2.24) is 4.90 Å². The lowest BCUT2D eigenvalue weighted by molar-refractivity contribution is 0.170. The van der Waals surface area contributed by atoms with Gasteiger partial charge >= 0.3 is 0 Å². The van der Waals surface area contributed by atoms with Crippen LogP contribution in [-0.4, -0.2) is 17.6 Å². The topological polar surface area (TPSA) is 15.3 Å². The number of hydrogen-bond donors (Lipinski definition) is 1. The van der Waals surface area contributed by atoms with Crippen molar-refractivity contribution in [2.45, 2.75) is 44.8 Å². The molecule has 98 valence electrons. The maximum atomic E-state index is 3.72. The molecule has 0 aliphatic carbocycles. The van der Waals surface area contributed by atoms with Crippen molar-refractivity contribution in [3.63, 3.8) is 0 Å². The van der Waals surface area contributed by atoms with E-state index in [1.807, 2.05) is 0 Å². The lowest BCUT2D eigenvalue weighted by Crippen LogP contribution is -2.45. The van der Waals surface area contributed by atoms with Crippen molar-refractivity contribution < 1.29 is 0 Å². The molecule has 4 heteroatoms. The molecule has 0 spiro atoms. The van der Waals surface area contributed by atoms with Crippen LogP contribution in [0.15, 0.2) is 21.1 Å². The Morgan fingerprint density at radius 3 is 2.83 bits per heavy atom. The second-order valence-electron chi connectivity index (χ2n) is 5.26. The van der Waals surface area contributed by atoms with Crippen molar-refractivity contribution in [1.29, 1.82) is 0 Å². The molecule has 2 heterocycles. The van der Waals surface area contributed by atoms with Crippen molar-refractivity contribution in [2.24, 2.45) is 0 Å². The highest BCUT2D eigenvalue weighted by molar-refractivity contribution is 9.11. The molecule has 1 saturated heterocycles. The molecule has 2 aliphatic heterocycles. The van der Waals surface area contributed by atoms with Crippen LogP contribution in [0.4, 0.5) is 5.69 Å². The fourth-order valence-corrected chi connectivity index (χ4v) is 4.42. The second-order valence-corrected chi connectivity index (χ2v) is 7.03. The fraction of sp³-hybridized carbons (Fsp3) is 0.571. The Kier molecular flexibility index (Phi) is 3.97. The van der Waals surface area contributed by atoms with Gasteiger partial charge in [0.1, 0.15) is 0 Å². The highest BCUT2D eigenvalue weighted by atomic mass is 79.9. The summed E-state index contributed by atoms with van der Waals surface area (Å²) in [5.74, 6) is 0. The molecule has 1 unspecified atom stereocenters. The van der Waals surface area contributed by atoms with Crippen LogP contribution in [0.25, 0.3) is 0 Å². The summed E-state index contributed by atoms with van der Waals surface area (Å²) in [6.07, 6.45) is 7.25. The van der Waals surface area contributed by atoms with Gasteiger partial charge in [0.25, 0.3) is 0 Å². The monoisotopic (exact) mass is 372 g/mol. The number of hydrogen-bond acceptors (Lipinski definition) is 2. The zero-order valence-corrected chi connectivity index (χ0v) is 13.6. The Morgan fingerprint density at radius 2 is 1.94 bits per heavy atom. The average molecular weight is 374 g/mol. The number of benzene rings is 1. The first-order chi connectivity index (χ1) is 8.74. The van der Waals surface area contributed by atoms with Gasteiger partial charge in [0.15, 0.2) is 0 Å². The van der Waals surface area contributed by atoms with Crippen LogP contribution in [0, 0.1) is 0 Å². The molecule has 0 aromatic heterocycles. The van der Waals surface area contributed by atoms with E-state index in [9.17, 15) is 0 Å². The first kappa shape index (κ1) is 12.9. The van der Waals surface area contributed by atoms with E-state index >= 15 is 0 Å². The van der Waals surface area contributed by atoms with Gasteiger partial charge in [-0.15, -0.1) is 0 Å². The summed E-state index contributed by atoms with van der Waals surface area (Å²) in [4.78, 5) is 2.60. The Labute approximate surface area is 125 Å².